The molecule has 1 aliphatic rings. The van der Waals surface area contributed by atoms with E-state index < -0.39 is 15.9 Å². The number of carbonyl (C=O) groups is 1. The Hall–Kier alpha value is -2.58. The molecular formula is C21H26N2O5S. The third kappa shape index (κ3) is 4.89. The number of hydrogen-bond acceptors (Lipinski definition) is 5. The van der Waals surface area contributed by atoms with Crippen LogP contribution in [0, 0.1) is 0 Å². The van der Waals surface area contributed by atoms with Crippen LogP contribution < -0.4 is 14.8 Å². The second-order valence-corrected chi connectivity index (χ2v) is 8.52. The number of benzene rings is 2. The molecule has 2 aromatic rings. The molecule has 7 nitrogen and oxygen atoms in total. The summed E-state index contributed by atoms with van der Waals surface area (Å²) in [5.74, 6) is 0.581. The average molecular weight is 419 g/mol. The molecule has 8 heteroatoms. The Morgan fingerprint density at radius 1 is 1.00 bits per heavy atom. The predicted molar refractivity (Wildman–Crippen MR) is 111 cm³/mol. The number of rotatable bonds is 8. The summed E-state index contributed by atoms with van der Waals surface area (Å²) in [4.78, 5) is 12.7. The summed E-state index contributed by atoms with van der Waals surface area (Å²) in [5, 5.41) is 2.78. The van der Waals surface area contributed by atoms with Crippen LogP contribution in [0.25, 0.3) is 0 Å². The van der Waals surface area contributed by atoms with Crippen molar-refractivity contribution in [2.45, 2.75) is 31.6 Å². The third-order valence-corrected chi connectivity index (χ3v) is 6.53. The molecule has 1 saturated heterocycles. The highest BCUT2D eigenvalue weighted by Crippen LogP contribution is 2.30. The first kappa shape index (κ1) is 21.1. The van der Waals surface area contributed by atoms with Crippen LogP contribution >= 0.6 is 0 Å². The second-order valence-electron chi connectivity index (χ2n) is 6.62. The molecule has 0 aromatic heterocycles. The zero-order valence-corrected chi connectivity index (χ0v) is 17.5. The van der Waals surface area contributed by atoms with Gasteiger partial charge in [-0.1, -0.05) is 0 Å². The van der Waals surface area contributed by atoms with E-state index in [9.17, 15) is 13.2 Å². The molecule has 0 spiro atoms. The number of nitrogens with one attached hydrogen (secondary N) is 1. The molecule has 0 unspecified atom stereocenters. The van der Waals surface area contributed by atoms with Gasteiger partial charge < -0.3 is 14.8 Å². The van der Waals surface area contributed by atoms with Crippen LogP contribution in [0.2, 0.25) is 0 Å². The highest BCUT2D eigenvalue weighted by atomic mass is 32.2. The number of nitrogens with zero attached hydrogens (tertiary/aromatic N) is 1. The van der Waals surface area contributed by atoms with Gasteiger partial charge >= 0.3 is 0 Å². The van der Waals surface area contributed by atoms with Crippen LogP contribution in [0.15, 0.2) is 47.4 Å². The Labute approximate surface area is 171 Å². The lowest BCUT2D eigenvalue weighted by atomic mass is 10.2. The van der Waals surface area contributed by atoms with Gasteiger partial charge in [0.2, 0.25) is 10.0 Å². The van der Waals surface area contributed by atoms with Crippen molar-refractivity contribution in [2.24, 2.45) is 0 Å². The fraction of sp³-hybridized carbons (Fsp3) is 0.381. The first-order chi connectivity index (χ1) is 14.0. The van der Waals surface area contributed by atoms with Crippen molar-refractivity contribution in [3.8, 4) is 11.5 Å². The second kappa shape index (κ2) is 9.28. The molecule has 2 aromatic carbocycles. The minimum Gasteiger partial charge on any atom is -0.494 e. The van der Waals surface area contributed by atoms with E-state index in [0.29, 0.717) is 37.7 Å². The SMILES string of the molecule is CCOc1ccc(NC(=O)c2ccc(OCC)c(S(=O)(=O)N3CCCC3)c2)cc1. The fourth-order valence-electron chi connectivity index (χ4n) is 3.20. The van der Waals surface area contributed by atoms with Crippen molar-refractivity contribution in [1.82, 2.24) is 4.31 Å². The van der Waals surface area contributed by atoms with Crippen LogP contribution in [0.5, 0.6) is 11.5 Å². The molecule has 1 aliphatic heterocycles. The number of ether oxygens (including phenoxy) is 2. The smallest absolute Gasteiger partial charge is 0.255 e. The Bertz CT molecular complexity index is 952. The van der Waals surface area contributed by atoms with Crippen molar-refractivity contribution in [3.63, 3.8) is 0 Å². The van der Waals surface area contributed by atoms with Gasteiger partial charge in [0.1, 0.15) is 16.4 Å². The van der Waals surface area contributed by atoms with E-state index in [0.717, 1.165) is 12.8 Å². The zero-order valence-electron chi connectivity index (χ0n) is 16.7. The predicted octanol–water partition coefficient (Wildman–Crippen LogP) is 3.52. The van der Waals surface area contributed by atoms with E-state index in [-0.39, 0.29) is 16.2 Å². The molecule has 1 N–H and O–H groups in total. The lowest BCUT2D eigenvalue weighted by molar-refractivity contribution is 0.102. The quantitative estimate of drug-likeness (QED) is 0.709. The minimum atomic E-state index is -3.72. The Morgan fingerprint density at radius 3 is 2.28 bits per heavy atom. The largest absolute Gasteiger partial charge is 0.494 e. The van der Waals surface area contributed by atoms with E-state index in [1.165, 1.54) is 10.4 Å². The Balaban J connectivity index is 1.86. The molecule has 0 atom stereocenters. The van der Waals surface area contributed by atoms with Gasteiger partial charge in [-0.15, -0.1) is 0 Å². The van der Waals surface area contributed by atoms with Crippen molar-refractivity contribution >= 4 is 21.6 Å². The molecule has 1 heterocycles. The van der Waals surface area contributed by atoms with E-state index in [2.05, 4.69) is 5.32 Å². The topological polar surface area (TPSA) is 84.9 Å². The number of anilines is 1. The molecule has 1 fully saturated rings. The molecular weight excluding hydrogens is 392 g/mol. The molecule has 1 amide bonds. The van der Waals surface area contributed by atoms with Crippen molar-refractivity contribution in [1.29, 1.82) is 0 Å². The normalized spacial score (nSPS) is 14.6. The summed E-state index contributed by atoms with van der Waals surface area (Å²) in [7, 11) is -3.72. The number of amides is 1. The Kier molecular flexibility index (Phi) is 6.76. The maximum Gasteiger partial charge on any atom is 0.255 e. The van der Waals surface area contributed by atoms with Crippen LogP contribution in [0.3, 0.4) is 0 Å². The molecule has 0 radical (unpaired) electrons. The van der Waals surface area contributed by atoms with Gasteiger partial charge in [0.05, 0.1) is 13.2 Å². The number of carbonyl (C=O) groups excluding carboxylic acids is 1. The highest BCUT2D eigenvalue weighted by Gasteiger charge is 2.30. The fourth-order valence-corrected chi connectivity index (χ4v) is 4.87. The minimum absolute atomic E-state index is 0.0283. The maximum absolute atomic E-state index is 13.1. The van der Waals surface area contributed by atoms with Crippen LogP contribution in [0.1, 0.15) is 37.0 Å². The zero-order chi connectivity index (χ0) is 20.9. The third-order valence-electron chi connectivity index (χ3n) is 4.61. The molecule has 0 bridgehead atoms. The lowest BCUT2D eigenvalue weighted by Gasteiger charge is -2.19. The summed E-state index contributed by atoms with van der Waals surface area (Å²) in [6, 6.07) is 11.5. The van der Waals surface area contributed by atoms with Gasteiger partial charge in [-0.2, -0.15) is 4.31 Å². The Morgan fingerprint density at radius 2 is 1.66 bits per heavy atom. The average Bonchev–Trinajstić information content (AvgIpc) is 3.26. The van der Waals surface area contributed by atoms with E-state index in [1.807, 2.05) is 6.92 Å². The van der Waals surface area contributed by atoms with E-state index >= 15 is 0 Å². The summed E-state index contributed by atoms with van der Waals surface area (Å²) in [6.07, 6.45) is 1.67. The van der Waals surface area contributed by atoms with Crippen molar-refractivity contribution in [3.05, 3.63) is 48.0 Å². The molecule has 29 heavy (non-hydrogen) atoms. The first-order valence-corrected chi connectivity index (χ1v) is 11.2. The lowest BCUT2D eigenvalue weighted by Crippen LogP contribution is -2.28. The van der Waals surface area contributed by atoms with Gasteiger partial charge in [0.25, 0.3) is 5.91 Å². The van der Waals surface area contributed by atoms with Gasteiger partial charge in [0.15, 0.2) is 0 Å². The summed E-state index contributed by atoms with van der Waals surface area (Å²) >= 11 is 0. The first-order valence-electron chi connectivity index (χ1n) is 9.77. The van der Waals surface area contributed by atoms with Gasteiger partial charge in [-0.05, 0) is 69.2 Å². The van der Waals surface area contributed by atoms with E-state index in [4.69, 9.17) is 9.47 Å². The molecule has 0 saturated carbocycles. The molecule has 156 valence electrons. The van der Waals surface area contributed by atoms with Gasteiger partial charge in [-0.3, -0.25) is 4.79 Å². The van der Waals surface area contributed by atoms with Crippen LogP contribution in [-0.4, -0.2) is 44.9 Å². The standard InChI is InChI=1S/C21H26N2O5S/c1-3-27-18-10-8-17(9-11-18)22-21(24)16-7-12-19(28-4-2)20(15-16)29(25,26)23-13-5-6-14-23/h7-12,15H,3-6,13-14H2,1-2H3,(H,22,24). The molecule has 3 rings (SSSR count). The monoisotopic (exact) mass is 418 g/mol. The summed E-state index contributed by atoms with van der Waals surface area (Å²) in [6.45, 7) is 5.55. The maximum atomic E-state index is 13.1. The van der Waals surface area contributed by atoms with Crippen LogP contribution in [-0.2, 0) is 10.0 Å². The number of sulfonamides is 1. The van der Waals surface area contributed by atoms with Crippen molar-refractivity contribution < 1.29 is 22.7 Å². The highest BCUT2D eigenvalue weighted by molar-refractivity contribution is 7.89. The summed E-state index contributed by atoms with van der Waals surface area (Å²) in [5.41, 5.74) is 0.844. The summed E-state index contributed by atoms with van der Waals surface area (Å²) < 4.78 is 38.5. The van der Waals surface area contributed by atoms with E-state index in [1.54, 1.807) is 43.3 Å². The van der Waals surface area contributed by atoms with Gasteiger partial charge in [-0.25, -0.2) is 8.42 Å². The van der Waals surface area contributed by atoms with Crippen LogP contribution in [0.4, 0.5) is 5.69 Å². The molecule has 0 aliphatic carbocycles. The number of hydrogen-bond donors (Lipinski definition) is 1. The van der Waals surface area contributed by atoms with Crippen molar-refractivity contribution in [2.75, 3.05) is 31.6 Å². The van der Waals surface area contributed by atoms with Gasteiger partial charge in [0, 0.05) is 24.3 Å².